The molecule has 212 valence electrons. The molecule has 1 saturated carbocycles. The summed E-state index contributed by atoms with van der Waals surface area (Å²) in [6.07, 6.45) is 3.32. The quantitative estimate of drug-likeness (QED) is 0.373. The normalized spacial score (nSPS) is 17.4. The molecule has 1 aliphatic heterocycles. The highest BCUT2D eigenvalue weighted by molar-refractivity contribution is 6.33. The van der Waals surface area contributed by atoms with E-state index in [-0.39, 0.29) is 63.8 Å². The van der Waals surface area contributed by atoms with Crippen molar-refractivity contribution in [1.29, 1.82) is 0 Å². The van der Waals surface area contributed by atoms with Crippen molar-refractivity contribution in [3.63, 3.8) is 0 Å². The average Bonchev–Trinajstić information content (AvgIpc) is 3.73. The Morgan fingerprint density at radius 3 is 2.52 bits per heavy atom. The van der Waals surface area contributed by atoms with E-state index >= 15 is 4.39 Å². The van der Waals surface area contributed by atoms with Crippen LogP contribution in [0, 0.1) is 23.5 Å². The van der Waals surface area contributed by atoms with Gasteiger partial charge in [0.2, 0.25) is 0 Å². The number of hydrogen-bond donors (Lipinski definition) is 1. The first-order valence-corrected chi connectivity index (χ1v) is 13.9. The van der Waals surface area contributed by atoms with E-state index in [0.717, 1.165) is 25.0 Å². The predicted molar refractivity (Wildman–Crippen MR) is 149 cm³/mol. The molecular formula is C29H31ClF2N4O4. The molecule has 1 aliphatic carbocycles. The van der Waals surface area contributed by atoms with Crippen LogP contribution in [0.15, 0.2) is 39.9 Å². The van der Waals surface area contributed by atoms with Gasteiger partial charge in [0.1, 0.15) is 11.6 Å². The largest absolute Gasteiger partial charge is 0.331 e. The van der Waals surface area contributed by atoms with Gasteiger partial charge >= 0.3 is 11.7 Å². The lowest BCUT2D eigenvalue weighted by Gasteiger charge is -2.32. The van der Waals surface area contributed by atoms with Gasteiger partial charge in [-0.05, 0) is 75.6 Å². The van der Waals surface area contributed by atoms with Crippen molar-refractivity contribution in [2.45, 2.75) is 58.5 Å². The molecule has 1 aromatic heterocycles. The summed E-state index contributed by atoms with van der Waals surface area (Å²) in [5, 5.41) is 2.90. The van der Waals surface area contributed by atoms with Crippen LogP contribution in [0.25, 0.3) is 10.9 Å². The maximum absolute atomic E-state index is 15.2. The SMILES string of the molecule is CC(C)n1c(=O)n(CC2CC2)c(=O)c2cc(NC(=O)N3CCCC(CC(=O)c4cc(F)ccc4Cl)C3)c(F)cc21. The Balaban J connectivity index is 1.36. The van der Waals surface area contributed by atoms with Gasteiger partial charge in [-0.15, -0.1) is 0 Å². The van der Waals surface area contributed by atoms with E-state index in [1.807, 2.05) is 0 Å². The summed E-state index contributed by atoms with van der Waals surface area (Å²) in [4.78, 5) is 53.8. The molecule has 3 aromatic rings. The minimum absolute atomic E-state index is 0.0879. The monoisotopic (exact) mass is 572 g/mol. The van der Waals surface area contributed by atoms with Crippen LogP contribution in [-0.2, 0) is 6.54 Å². The number of benzene rings is 2. The average molecular weight is 573 g/mol. The number of ketones is 1. The molecule has 2 aromatic carbocycles. The highest BCUT2D eigenvalue weighted by Crippen LogP contribution is 2.30. The Kier molecular flexibility index (Phi) is 7.81. The molecule has 0 bridgehead atoms. The molecule has 2 amide bonds. The smallest absolute Gasteiger partial charge is 0.324 e. The second-order valence-corrected chi connectivity index (χ2v) is 11.5. The number of anilines is 1. The zero-order valence-electron chi connectivity index (χ0n) is 22.4. The van der Waals surface area contributed by atoms with Crippen LogP contribution in [-0.4, -0.2) is 38.9 Å². The number of fused-ring (bicyclic) bond motifs is 1. The van der Waals surface area contributed by atoms with Crippen LogP contribution in [0.3, 0.4) is 0 Å². The lowest BCUT2D eigenvalue weighted by Crippen LogP contribution is -2.43. The van der Waals surface area contributed by atoms with Gasteiger partial charge in [0, 0.05) is 43.7 Å². The van der Waals surface area contributed by atoms with Gasteiger partial charge in [0.05, 0.1) is 21.6 Å². The van der Waals surface area contributed by atoms with E-state index in [1.54, 1.807) is 13.8 Å². The molecule has 2 aliphatic rings. The fourth-order valence-corrected chi connectivity index (χ4v) is 5.63. The first-order valence-electron chi connectivity index (χ1n) is 13.6. The van der Waals surface area contributed by atoms with Crippen LogP contribution >= 0.6 is 11.6 Å². The molecule has 0 radical (unpaired) electrons. The fourth-order valence-electron chi connectivity index (χ4n) is 5.41. The molecule has 2 fully saturated rings. The number of aromatic nitrogens is 2. The number of nitrogens with one attached hydrogen (secondary N) is 1. The predicted octanol–water partition coefficient (Wildman–Crippen LogP) is 5.60. The Labute approximate surface area is 234 Å². The Bertz CT molecular complexity index is 1610. The lowest BCUT2D eigenvalue weighted by atomic mass is 9.91. The third-order valence-electron chi connectivity index (χ3n) is 7.66. The summed E-state index contributed by atoms with van der Waals surface area (Å²) in [7, 11) is 0. The van der Waals surface area contributed by atoms with Crippen molar-refractivity contribution in [1.82, 2.24) is 14.0 Å². The number of rotatable bonds is 7. The van der Waals surface area contributed by atoms with E-state index in [1.165, 1.54) is 32.2 Å². The summed E-state index contributed by atoms with van der Waals surface area (Å²) in [6.45, 7) is 4.56. The van der Waals surface area contributed by atoms with Crippen LogP contribution in [0.4, 0.5) is 19.3 Å². The number of likely N-dealkylation sites (tertiary alicyclic amines) is 1. The van der Waals surface area contributed by atoms with E-state index < -0.39 is 28.9 Å². The summed E-state index contributed by atoms with van der Waals surface area (Å²) < 4.78 is 31.5. The number of Topliss-reactive ketones (excluding diaryl/α,β-unsaturated/α-hetero) is 1. The van der Waals surface area contributed by atoms with Gasteiger partial charge in [-0.3, -0.25) is 18.7 Å². The topological polar surface area (TPSA) is 93.4 Å². The van der Waals surface area contributed by atoms with Crippen LogP contribution < -0.4 is 16.6 Å². The van der Waals surface area contributed by atoms with E-state index in [9.17, 15) is 23.6 Å². The van der Waals surface area contributed by atoms with Crippen LogP contribution in [0.2, 0.25) is 5.02 Å². The zero-order valence-corrected chi connectivity index (χ0v) is 23.1. The third kappa shape index (κ3) is 5.68. The molecule has 1 unspecified atom stereocenters. The first kappa shape index (κ1) is 28.0. The number of carbonyl (C=O) groups excluding carboxylic acids is 2. The minimum atomic E-state index is -0.765. The first-order chi connectivity index (χ1) is 19.0. The van der Waals surface area contributed by atoms with E-state index in [0.29, 0.717) is 25.9 Å². The summed E-state index contributed by atoms with van der Waals surface area (Å²) in [5.41, 5.74) is -0.851. The summed E-state index contributed by atoms with van der Waals surface area (Å²) in [6, 6.07) is 5.18. The van der Waals surface area contributed by atoms with Gasteiger partial charge in [0.15, 0.2) is 5.78 Å². The number of carbonyl (C=O) groups is 2. The van der Waals surface area contributed by atoms with Gasteiger partial charge in [-0.1, -0.05) is 11.6 Å². The van der Waals surface area contributed by atoms with Crippen molar-refractivity contribution >= 4 is 40.0 Å². The molecule has 5 rings (SSSR count). The van der Waals surface area contributed by atoms with Crippen molar-refractivity contribution in [3.8, 4) is 0 Å². The van der Waals surface area contributed by atoms with Crippen LogP contribution in [0.1, 0.15) is 62.4 Å². The molecule has 0 spiro atoms. The number of amides is 2. The second kappa shape index (κ2) is 11.2. The second-order valence-electron chi connectivity index (χ2n) is 11.1. The molecule has 1 atom stereocenters. The number of nitrogens with zero attached hydrogens (tertiary/aromatic N) is 3. The maximum Gasteiger partial charge on any atom is 0.331 e. The molecular weight excluding hydrogens is 542 g/mol. The van der Waals surface area contributed by atoms with Crippen molar-refractivity contribution < 1.29 is 18.4 Å². The zero-order chi connectivity index (χ0) is 28.7. The highest BCUT2D eigenvalue weighted by atomic mass is 35.5. The Morgan fingerprint density at radius 1 is 1.07 bits per heavy atom. The van der Waals surface area contributed by atoms with Crippen LogP contribution in [0.5, 0.6) is 0 Å². The Morgan fingerprint density at radius 2 is 1.82 bits per heavy atom. The van der Waals surface area contributed by atoms with Crippen molar-refractivity contribution in [3.05, 3.63) is 73.4 Å². The number of hydrogen-bond acceptors (Lipinski definition) is 4. The van der Waals surface area contributed by atoms with Gasteiger partial charge in [0.25, 0.3) is 5.56 Å². The molecule has 40 heavy (non-hydrogen) atoms. The van der Waals surface area contributed by atoms with Gasteiger partial charge in [-0.25, -0.2) is 18.4 Å². The molecule has 2 heterocycles. The standard InChI is InChI=1S/C29H31ClF2N4O4/c1-16(2)36-25-13-23(32)24(12-21(25)27(38)35(29(36)40)15-17-5-6-17)33-28(39)34-9-3-4-18(14-34)10-26(37)20-11-19(31)7-8-22(20)30/h7-8,11-13,16-18H,3-6,9-10,14-15H2,1-2H3,(H,33,39). The number of urea groups is 1. The molecule has 1 N–H and O–H groups in total. The van der Waals surface area contributed by atoms with Crippen molar-refractivity contribution in [2.24, 2.45) is 11.8 Å². The minimum Gasteiger partial charge on any atom is -0.324 e. The number of piperidine rings is 1. The summed E-state index contributed by atoms with van der Waals surface area (Å²) >= 11 is 6.08. The van der Waals surface area contributed by atoms with E-state index in [4.69, 9.17) is 11.6 Å². The van der Waals surface area contributed by atoms with E-state index in [2.05, 4.69) is 5.32 Å². The fraction of sp³-hybridized carbons (Fsp3) is 0.448. The maximum atomic E-state index is 15.2. The van der Waals surface area contributed by atoms with Gasteiger partial charge < -0.3 is 10.2 Å². The number of halogens is 3. The lowest BCUT2D eigenvalue weighted by molar-refractivity contribution is 0.0930. The van der Waals surface area contributed by atoms with Gasteiger partial charge in [-0.2, -0.15) is 0 Å². The highest BCUT2D eigenvalue weighted by Gasteiger charge is 2.28. The summed E-state index contributed by atoms with van der Waals surface area (Å²) in [5.74, 6) is -1.53. The Hall–Kier alpha value is -3.53. The van der Waals surface area contributed by atoms with Crippen molar-refractivity contribution in [2.75, 3.05) is 18.4 Å². The third-order valence-corrected chi connectivity index (χ3v) is 7.99. The molecule has 11 heteroatoms. The molecule has 8 nitrogen and oxygen atoms in total. The molecule has 1 saturated heterocycles.